The second-order valence-corrected chi connectivity index (χ2v) is 6.09. The Morgan fingerprint density at radius 3 is 2.89 bits per heavy atom. The van der Waals surface area contributed by atoms with Crippen molar-refractivity contribution >= 4 is 27.5 Å². The molecule has 2 rings (SSSR count). The van der Waals surface area contributed by atoms with Gasteiger partial charge in [0.15, 0.2) is 0 Å². The van der Waals surface area contributed by atoms with E-state index in [1.54, 1.807) is 5.57 Å². The van der Waals surface area contributed by atoms with Crippen LogP contribution in [-0.2, 0) is 6.54 Å². The van der Waals surface area contributed by atoms with Crippen molar-refractivity contribution in [3.8, 4) is 0 Å². The Balaban J connectivity index is 1.73. The van der Waals surface area contributed by atoms with Crippen LogP contribution in [0.1, 0.15) is 37.7 Å². The van der Waals surface area contributed by atoms with E-state index in [1.807, 2.05) is 12.1 Å². The van der Waals surface area contributed by atoms with Crippen molar-refractivity contribution in [2.75, 3.05) is 6.54 Å². The first-order chi connectivity index (χ1) is 8.75. The quantitative estimate of drug-likeness (QED) is 0.587. The third kappa shape index (κ3) is 4.42. The van der Waals surface area contributed by atoms with Gasteiger partial charge in [-0.3, -0.25) is 0 Å². The third-order valence-electron chi connectivity index (χ3n) is 3.34. The van der Waals surface area contributed by atoms with Crippen LogP contribution in [0.2, 0.25) is 5.02 Å². The highest BCUT2D eigenvalue weighted by molar-refractivity contribution is 9.10. The molecule has 0 amide bonds. The van der Waals surface area contributed by atoms with Gasteiger partial charge in [-0.05, 0) is 56.3 Å². The molecular weight excluding hydrogens is 310 g/mol. The van der Waals surface area contributed by atoms with Crippen LogP contribution in [0.4, 0.5) is 0 Å². The molecular formula is C15H19BrClN. The fourth-order valence-corrected chi connectivity index (χ4v) is 3.01. The van der Waals surface area contributed by atoms with Crippen LogP contribution in [0.5, 0.6) is 0 Å². The molecule has 0 atom stereocenters. The number of nitrogens with one attached hydrogen (secondary N) is 1. The molecule has 1 aromatic rings. The van der Waals surface area contributed by atoms with Crippen molar-refractivity contribution in [3.05, 3.63) is 44.9 Å². The summed E-state index contributed by atoms with van der Waals surface area (Å²) in [5.74, 6) is 0. The molecule has 3 heteroatoms. The summed E-state index contributed by atoms with van der Waals surface area (Å²) in [6.07, 6.45) is 8.89. The molecule has 0 bridgehead atoms. The van der Waals surface area contributed by atoms with E-state index >= 15 is 0 Å². The average molecular weight is 329 g/mol. The van der Waals surface area contributed by atoms with Gasteiger partial charge in [0.05, 0.1) is 0 Å². The molecule has 18 heavy (non-hydrogen) atoms. The Hall–Kier alpha value is -0.310. The molecule has 1 nitrogen and oxygen atoms in total. The van der Waals surface area contributed by atoms with Crippen molar-refractivity contribution in [1.29, 1.82) is 0 Å². The Morgan fingerprint density at radius 2 is 2.17 bits per heavy atom. The van der Waals surface area contributed by atoms with E-state index in [0.717, 1.165) is 28.1 Å². The monoisotopic (exact) mass is 327 g/mol. The molecule has 1 aliphatic rings. The summed E-state index contributed by atoms with van der Waals surface area (Å²) in [7, 11) is 0. The van der Waals surface area contributed by atoms with Crippen molar-refractivity contribution in [2.24, 2.45) is 0 Å². The largest absolute Gasteiger partial charge is 0.312 e. The van der Waals surface area contributed by atoms with Crippen LogP contribution in [0.25, 0.3) is 0 Å². The smallest absolute Gasteiger partial charge is 0.0462 e. The van der Waals surface area contributed by atoms with Gasteiger partial charge in [-0.25, -0.2) is 0 Å². The van der Waals surface area contributed by atoms with Crippen LogP contribution in [-0.4, -0.2) is 6.54 Å². The lowest BCUT2D eigenvalue weighted by Gasteiger charge is -2.13. The number of benzene rings is 1. The fraction of sp³-hybridized carbons (Fsp3) is 0.467. The molecule has 0 radical (unpaired) electrons. The SMILES string of the molecule is Clc1cc(Br)ccc1CNCCC1=CCCCC1. The van der Waals surface area contributed by atoms with Crippen LogP contribution >= 0.6 is 27.5 Å². The second kappa shape index (κ2) is 7.32. The summed E-state index contributed by atoms with van der Waals surface area (Å²) in [6.45, 7) is 1.89. The summed E-state index contributed by atoms with van der Waals surface area (Å²) in [6, 6.07) is 6.05. The number of hydrogen-bond acceptors (Lipinski definition) is 1. The fourth-order valence-electron chi connectivity index (χ4n) is 2.27. The van der Waals surface area contributed by atoms with E-state index in [0.29, 0.717) is 0 Å². The molecule has 0 aromatic heterocycles. The first-order valence-electron chi connectivity index (χ1n) is 6.58. The van der Waals surface area contributed by atoms with Gasteiger partial charge in [0.1, 0.15) is 0 Å². The zero-order valence-electron chi connectivity index (χ0n) is 10.5. The third-order valence-corrected chi connectivity index (χ3v) is 4.18. The Labute approximate surface area is 123 Å². The molecule has 1 N–H and O–H groups in total. The van der Waals surface area contributed by atoms with Gasteiger partial charge in [-0.1, -0.05) is 45.2 Å². The molecule has 0 aliphatic heterocycles. The van der Waals surface area contributed by atoms with Crippen LogP contribution in [0.3, 0.4) is 0 Å². The van der Waals surface area contributed by atoms with Crippen molar-refractivity contribution in [3.63, 3.8) is 0 Å². The normalized spacial score (nSPS) is 15.6. The van der Waals surface area contributed by atoms with E-state index in [2.05, 4.69) is 33.4 Å². The van der Waals surface area contributed by atoms with E-state index in [4.69, 9.17) is 11.6 Å². The molecule has 0 heterocycles. The number of hydrogen-bond donors (Lipinski definition) is 1. The van der Waals surface area contributed by atoms with Crippen LogP contribution in [0, 0.1) is 0 Å². The predicted molar refractivity (Wildman–Crippen MR) is 82.0 cm³/mol. The van der Waals surface area contributed by atoms with Crippen LogP contribution in [0.15, 0.2) is 34.3 Å². The minimum absolute atomic E-state index is 0.828. The van der Waals surface area contributed by atoms with E-state index in [-0.39, 0.29) is 0 Å². The van der Waals surface area contributed by atoms with Gasteiger partial charge >= 0.3 is 0 Å². The predicted octanol–water partition coefficient (Wildman–Crippen LogP) is 5.08. The second-order valence-electron chi connectivity index (χ2n) is 4.77. The maximum absolute atomic E-state index is 6.18. The minimum Gasteiger partial charge on any atom is -0.312 e. The van der Waals surface area contributed by atoms with Crippen LogP contribution < -0.4 is 5.32 Å². The zero-order chi connectivity index (χ0) is 12.8. The molecule has 1 aromatic carbocycles. The highest BCUT2D eigenvalue weighted by Crippen LogP contribution is 2.22. The maximum atomic E-state index is 6.18. The lowest BCUT2D eigenvalue weighted by Crippen LogP contribution is -2.16. The highest BCUT2D eigenvalue weighted by Gasteiger charge is 2.04. The average Bonchev–Trinajstić information content (AvgIpc) is 2.38. The Kier molecular flexibility index (Phi) is 5.74. The number of allylic oxidation sites excluding steroid dienone is 1. The summed E-state index contributed by atoms with van der Waals surface area (Å²) in [5, 5.41) is 4.30. The minimum atomic E-state index is 0.828. The van der Waals surface area contributed by atoms with Gasteiger partial charge in [-0.2, -0.15) is 0 Å². The van der Waals surface area contributed by atoms with Gasteiger partial charge in [0.25, 0.3) is 0 Å². The van der Waals surface area contributed by atoms with Gasteiger partial charge < -0.3 is 5.32 Å². The first-order valence-corrected chi connectivity index (χ1v) is 7.75. The van der Waals surface area contributed by atoms with Crippen molar-refractivity contribution in [2.45, 2.75) is 38.6 Å². The standard InChI is InChI=1S/C15H19BrClN/c16-14-7-6-13(15(17)10-14)11-18-9-8-12-4-2-1-3-5-12/h4,6-7,10,18H,1-3,5,8-9,11H2. The lowest BCUT2D eigenvalue weighted by molar-refractivity contribution is 0.632. The molecule has 1 aliphatic carbocycles. The zero-order valence-corrected chi connectivity index (χ0v) is 12.9. The Bertz CT molecular complexity index is 429. The molecule has 0 saturated carbocycles. The maximum Gasteiger partial charge on any atom is 0.0462 e. The number of rotatable bonds is 5. The van der Waals surface area contributed by atoms with Gasteiger partial charge in [0.2, 0.25) is 0 Å². The molecule has 0 spiro atoms. The van der Waals surface area contributed by atoms with Crippen molar-refractivity contribution < 1.29 is 0 Å². The van der Waals surface area contributed by atoms with Gasteiger partial charge in [-0.15, -0.1) is 0 Å². The summed E-state index contributed by atoms with van der Waals surface area (Å²) in [4.78, 5) is 0. The van der Waals surface area contributed by atoms with Crippen molar-refractivity contribution in [1.82, 2.24) is 5.32 Å². The topological polar surface area (TPSA) is 12.0 Å². The summed E-state index contributed by atoms with van der Waals surface area (Å²) < 4.78 is 1.03. The lowest BCUT2D eigenvalue weighted by atomic mass is 9.97. The molecule has 0 fully saturated rings. The highest BCUT2D eigenvalue weighted by atomic mass is 79.9. The summed E-state index contributed by atoms with van der Waals surface area (Å²) in [5.41, 5.74) is 2.79. The first kappa shape index (κ1) is 14.1. The van der Waals surface area contributed by atoms with E-state index in [9.17, 15) is 0 Å². The summed E-state index contributed by atoms with van der Waals surface area (Å²) >= 11 is 9.59. The molecule has 0 unspecified atom stereocenters. The van der Waals surface area contributed by atoms with Gasteiger partial charge in [0, 0.05) is 16.0 Å². The van der Waals surface area contributed by atoms with E-state index in [1.165, 1.54) is 32.1 Å². The molecule has 98 valence electrons. The van der Waals surface area contributed by atoms with E-state index < -0.39 is 0 Å². The Morgan fingerprint density at radius 1 is 1.28 bits per heavy atom. The molecule has 0 saturated heterocycles. The number of halogens is 2.